The molecular weight excluding hydrogens is 496 g/mol. The molecule has 2 unspecified atom stereocenters. The van der Waals surface area contributed by atoms with E-state index in [1.54, 1.807) is 0 Å². The van der Waals surface area contributed by atoms with Crippen LogP contribution in [0, 0.1) is 11.8 Å². The van der Waals surface area contributed by atoms with Crippen LogP contribution >= 0.6 is 44.2 Å². The molecule has 0 amide bonds. The molecule has 2 aliphatic rings. The molecule has 4 nitrogen and oxygen atoms in total. The normalized spacial score (nSPS) is 24.1. The van der Waals surface area contributed by atoms with Crippen LogP contribution in [0.1, 0.15) is 65.7 Å². The van der Waals surface area contributed by atoms with Crippen molar-refractivity contribution in [1.82, 2.24) is 0 Å². The summed E-state index contributed by atoms with van der Waals surface area (Å²) in [5.74, 6) is 1.54. The molecule has 136 valence electrons. The van der Waals surface area contributed by atoms with Crippen LogP contribution in [0.3, 0.4) is 0 Å². The molecule has 0 saturated heterocycles. The maximum absolute atomic E-state index is 10.9. The lowest BCUT2D eigenvalue weighted by molar-refractivity contribution is -0.134. The van der Waals surface area contributed by atoms with Gasteiger partial charge in [-0.05, 0) is 37.5 Å². The summed E-state index contributed by atoms with van der Waals surface area (Å²) < 4.78 is 0. The Morgan fingerprint density at radius 3 is 1.70 bits per heavy atom. The highest BCUT2D eigenvalue weighted by Gasteiger charge is 2.23. The maximum Gasteiger partial charge on any atom is 0.300 e. The molecule has 0 bridgehead atoms. The number of carboxylic acid groups (broad SMARTS) is 1. The number of ketones is 2. The number of carbonyl (C=O) groups excluding carboxylic acids is 2. The summed E-state index contributed by atoms with van der Waals surface area (Å²) in [6.45, 7) is 5.49. The fourth-order valence-electron chi connectivity index (χ4n) is 2.23. The second kappa shape index (κ2) is 15.8. The Labute approximate surface area is 163 Å². The lowest BCUT2D eigenvalue weighted by atomic mass is 9.90. The fraction of sp³-hybridized carbons (Fsp3) is 0.812. The molecule has 2 atom stereocenters. The van der Waals surface area contributed by atoms with Crippen molar-refractivity contribution in [3.63, 3.8) is 0 Å². The van der Waals surface area contributed by atoms with Crippen LogP contribution in [-0.4, -0.2) is 27.5 Å². The SMILES string of the molecule is BrBr.CC(=O)O.CC1CCC(=O)C(Br)C1.CC1CCC(=O)CC1. The summed E-state index contributed by atoms with van der Waals surface area (Å²) in [6.07, 6.45) is 6.80. The van der Waals surface area contributed by atoms with Gasteiger partial charge in [0.25, 0.3) is 5.97 Å². The van der Waals surface area contributed by atoms with Gasteiger partial charge in [0.05, 0.1) is 4.83 Å². The van der Waals surface area contributed by atoms with Crippen LogP contribution in [-0.2, 0) is 14.4 Å². The summed E-state index contributed by atoms with van der Waals surface area (Å²) in [6, 6.07) is 0. The van der Waals surface area contributed by atoms with Gasteiger partial charge in [-0.1, -0.05) is 29.8 Å². The van der Waals surface area contributed by atoms with Crippen LogP contribution in [0.4, 0.5) is 0 Å². The zero-order valence-corrected chi connectivity index (χ0v) is 18.7. The minimum absolute atomic E-state index is 0.154. The molecule has 0 heterocycles. The molecule has 7 heteroatoms. The Morgan fingerprint density at radius 1 is 1.00 bits per heavy atom. The molecule has 1 N–H and O–H groups in total. The van der Waals surface area contributed by atoms with E-state index in [-0.39, 0.29) is 4.83 Å². The van der Waals surface area contributed by atoms with Crippen molar-refractivity contribution < 1.29 is 19.5 Å². The van der Waals surface area contributed by atoms with Crippen LogP contribution in [0.15, 0.2) is 0 Å². The molecule has 23 heavy (non-hydrogen) atoms. The van der Waals surface area contributed by atoms with Gasteiger partial charge in [-0.3, -0.25) is 14.4 Å². The van der Waals surface area contributed by atoms with Gasteiger partial charge in [0.2, 0.25) is 0 Å². The zero-order chi connectivity index (χ0) is 18.4. The van der Waals surface area contributed by atoms with E-state index in [0.717, 1.165) is 63.7 Å². The monoisotopic (exact) mass is 520 g/mol. The van der Waals surface area contributed by atoms with Crippen LogP contribution < -0.4 is 0 Å². The first kappa shape index (κ1) is 25.5. The summed E-state index contributed by atoms with van der Waals surface area (Å²) in [5.41, 5.74) is 0. The largest absolute Gasteiger partial charge is 0.481 e. The molecule has 0 radical (unpaired) electrons. The summed E-state index contributed by atoms with van der Waals surface area (Å²) in [4.78, 5) is 30.7. The van der Waals surface area contributed by atoms with Gasteiger partial charge in [0.1, 0.15) is 11.6 Å². The number of rotatable bonds is 0. The number of Topliss-reactive ketones (excluding diaryl/α,β-unsaturated/α-hetero) is 2. The Balaban J connectivity index is 0. The van der Waals surface area contributed by atoms with Crippen LogP contribution in [0.5, 0.6) is 0 Å². The minimum Gasteiger partial charge on any atom is -0.481 e. The molecule has 2 aliphatic carbocycles. The second-order valence-corrected chi connectivity index (χ2v) is 7.16. The lowest BCUT2D eigenvalue weighted by Crippen LogP contribution is -2.23. The van der Waals surface area contributed by atoms with E-state index in [4.69, 9.17) is 9.90 Å². The topological polar surface area (TPSA) is 71.4 Å². The highest BCUT2D eigenvalue weighted by Crippen LogP contribution is 2.25. The van der Waals surface area contributed by atoms with Gasteiger partial charge in [-0.25, -0.2) is 0 Å². The summed E-state index contributed by atoms with van der Waals surface area (Å²) >= 11 is 8.84. The van der Waals surface area contributed by atoms with E-state index in [1.165, 1.54) is 0 Å². The Hall–Kier alpha value is 0.250. The van der Waals surface area contributed by atoms with Crippen molar-refractivity contribution in [2.24, 2.45) is 11.8 Å². The maximum atomic E-state index is 10.9. The molecule has 2 rings (SSSR count). The third-order valence-corrected chi connectivity index (χ3v) is 4.56. The van der Waals surface area contributed by atoms with Gasteiger partial charge in [-0.15, -0.1) is 0 Å². The van der Waals surface area contributed by atoms with Crippen molar-refractivity contribution in [3.8, 4) is 0 Å². The van der Waals surface area contributed by atoms with Gasteiger partial charge >= 0.3 is 0 Å². The Morgan fingerprint density at radius 2 is 1.39 bits per heavy atom. The summed E-state index contributed by atoms with van der Waals surface area (Å²) in [5, 5.41) is 7.42. The van der Waals surface area contributed by atoms with Gasteiger partial charge < -0.3 is 5.11 Å². The van der Waals surface area contributed by atoms with Crippen molar-refractivity contribution >= 4 is 61.7 Å². The highest BCUT2D eigenvalue weighted by molar-refractivity contribution is 9.93. The third-order valence-electron chi connectivity index (χ3n) is 3.67. The van der Waals surface area contributed by atoms with E-state index in [1.807, 2.05) is 0 Å². The number of carbonyl (C=O) groups is 3. The molecule has 2 saturated carbocycles. The zero-order valence-electron chi connectivity index (χ0n) is 14.0. The second-order valence-electron chi connectivity index (χ2n) is 6.05. The minimum atomic E-state index is -0.833. The first-order valence-electron chi connectivity index (χ1n) is 7.74. The van der Waals surface area contributed by atoms with Crippen LogP contribution in [0.2, 0.25) is 0 Å². The van der Waals surface area contributed by atoms with Crippen molar-refractivity contribution in [1.29, 1.82) is 0 Å². The first-order chi connectivity index (χ1) is 10.7. The quantitative estimate of drug-likeness (QED) is 0.415. The standard InChI is InChI=1S/C7H11BrO.C7H12O.C2H4O2.Br2/c1-5-2-3-7(9)6(8)4-5;1-6-2-4-7(8)5-3-6;1-2(3)4;1-2/h5-6H,2-4H2,1H3;6H,2-5H2,1H3;1H3,(H,3,4);. The summed E-state index contributed by atoms with van der Waals surface area (Å²) in [7, 11) is 0. The van der Waals surface area contributed by atoms with Crippen molar-refractivity contribution in [3.05, 3.63) is 0 Å². The molecule has 2 fully saturated rings. The van der Waals surface area contributed by atoms with Crippen LogP contribution in [0.25, 0.3) is 0 Å². The Kier molecular flexibility index (Phi) is 17.5. The smallest absolute Gasteiger partial charge is 0.300 e. The van der Waals surface area contributed by atoms with Gasteiger partial charge in [0, 0.05) is 54.4 Å². The average molecular weight is 523 g/mol. The highest BCUT2D eigenvalue weighted by atomic mass is 80.9. The molecular formula is C16H27Br3O4. The average Bonchev–Trinajstić information content (AvgIpc) is 2.49. The van der Waals surface area contributed by atoms with E-state index in [0.29, 0.717) is 11.6 Å². The lowest BCUT2D eigenvalue weighted by Gasteiger charge is -2.20. The molecule has 0 aromatic rings. The van der Waals surface area contributed by atoms with E-state index in [9.17, 15) is 9.59 Å². The molecule has 0 aromatic carbocycles. The third kappa shape index (κ3) is 16.9. The molecule has 0 aliphatic heterocycles. The Bertz CT molecular complexity index is 347. The molecule has 0 aromatic heterocycles. The number of alkyl halides is 1. The van der Waals surface area contributed by atoms with E-state index >= 15 is 0 Å². The number of halogens is 3. The molecule has 0 spiro atoms. The predicted octanol–water partition coefficient (Wildman–Crippen LogP) is 5.69. The first-order valence-corrected chi connectivity index (χ1v) is 12.4. The number of aliphatic carboxylic acids is 1. The van der Waals surface area contributed by atoms with Gasteiger partial charge in [-0.2, -0.15) is 0 Å². The van der Waals surface area contributed by atoms with E-state index in [2.05, 4.69) is 58.0 Å². The van der Waals surface area contributed by atoms with Gasteiger partial charge in [0.15, 0.2) is 0 Å². The number of hydrogen-bond acceptors (Lipinski definition) is 3. The van der Waals surface area contributed by atoms with Crippen molar-refractivity contribution in [2.75, 3.05) is 0 Å². The predicted molar refractivity (Wildman–Crippen MR) is 105 cm³/mol. The fourth-order valence-corrected chi connectivity index (χ4v) is 3.10. The number of carboxylic acids is 1. The van der Waals surface area contributed by atoms with Crippen molar-refractivity contribution in [2.45, 2.75) is 70.5 Å². The number of hydrogen-bond donors (Lipinski definition) is 1. The van der Waals surface area contributed by atoms with E-state index < -0.39 is 5.97 Å².